The molecule has 0 amide bonds. The highest BCUT2D eigenvalue weighted by atomic mass is 19.1. The number of imidazole rings is 1. The summed E-state index contributed by atoms with van der Waals surface area (Å²) in [6.45, 7) is 0. The van der Waals surface area contributed by atoms with E-state index in [4.69, 9.17) is 0 Å². The topological polar surface area (TPSA) is 78.9 Å². The van der Waals surface area contributed by atoms with Crippen molar-refractivity contribution in [1.82, 2.24) is 15.0 Å². The van der Waals surface area contributed by atoms with Gasteiger partial charge < -0.3 is 10.1 Å². The van der Waals surface area contributed by atoms with Crippen molar-refractivity contribution in [2.24, 2.45) is 0 Å². The number of allylic oxidation sites excluding steroid dienone is 1. The smallest absolute Gasteiger partial charge is 0.200 e. The molecule has 2 aromatic carbocycles. The summed E-state index contributed by atoms with van der Waals surface area (Å²) in [5, 5.41) is 10.8. The molecular formula is C21H13F2N3O2. The number of aromatic amines is 1. The average Bonchev–Trinajstić information content (AvgIpc) is 3.11. The number of benzene rings is 2. The van der Waals surface area contributed by atoms with Crippen LogP contribution in [0.4, 0.5) is 8.78 Å². The molecule has 5 nitrogen and oxygen atoms in total. The fourth-order valence-corrected chi connectivity index (χ4v) is 2.86. The van der Waals surface area contributed by atoms with E-state index >= 15 is 0 Å². The van der Waals surface area contributed by atoms with E-state index in [1.165, 1.54) is 6.20 Å². The van der Waals surface area contributed by atoms with Crippen molar-refractivity contribution in [3.8, 4) is 0 Å². The average molecular weight is 377 g/mol. The number of hydrogen-bond donors (Lipinski definition) is 2. The molecule has 0 aliphatic carbocycles. The normalized spacial score (nSPS) is 12.1. The van der Waals surface area contributed by atoms with Crippen molar-refractivity contribution >= 4 is 28.3 Å². The summed E-state index contributed by atoms with van der Waals surface area (Å²) in [7, 11) is 0. The maximum Gasteiger partial charge on any atom is 0.200 e. The molecule has 0 fully saturated rings. The van der Waals surface area contributed by atoms with Crippen LogP contribution in [0.2, 0.25) is 0 Å². The van der Waals surface area contributed by atoms with Crippen LogP contribution in [0.3, 0.4) is 0 Å². The number of aliphatic hydroxyl groups is 1. The molecule has 0 aliphatic rings. The van der Waals surface area contributed by atoms with Crippen LogP contribution in [0.15, 0.2) is 66.9 Å². The molecular weight excluding hydrogens is 364 g/mol. The van der Waals surface area contributed by atoms with Crippen LogP contribution < -0.4 is 0 Å². The number of H-pyrrole nitrogens is 1. The summed E-state index contributed by atoms with van der Waals surface area (Å²) in [6, 6.07) is 14.2. The van der Waals surface area contributed by atoms with Gasteiger partial charge in [-0.2, -0.15) is 0 Å². The van der Waals surface area contributed by atoms with Crippen LogP contribution in [-0.4, -0.2) is 25.8 Å². The Morgan fingerprint density at radius 2 is 1.64 bits per heavy atom. The van der Waals surface area contributed by atoms with Gasteiger partial charge in [0.05, 0.1) is 5.52 Å². The monoisotopic (exact) mass is 377 g/mol. The quantitative estimate of drug-likeness (QED) is 0.311. The van der Waals surface area contributed by atoms with E-state index in [9.17, 15) is 18.7 Å². The zero-order valence-corrected chi connectivity index (χ0v) is 14.4. The van der Waals surface area contributed by atoms with Gasteiger partial charge >= 0.3 is 0 Å². The molecule has 138 valence electrons. The maximum absolute atomic E-state index is 13.7. The van der Waals surface area contributed by atoms with Gasteiger partial charge in [-0.05, 0) is 24.3 Å². The third-order valence-corrected chi connectivity index (χ3v) is 4.13. The van der Waals surface area contributed by atoms with E-state index < -0.39 is 23.2 Å². The molecule has 2 N–H and O–H groups in total. The Morgan fingerprint density at radius 1 is 0.929 bits per heavy atom. The van der Waals surface area contributed by atoms with Crippen LogP contribution in [0.1, 0.15) is 21.7 Å². The molecule has 4 rings (SSSR count). The molecule has 0 bridgehead atoms. The third-order valence-electron chi connectivity index (χ3n) is 4.13. The summed E-state index contributed by atoms with van der Waals surface area (Å²) in [6.07, 6.45) is 1.54. The second kappa shape index (κ2) is 7.03. The molecule has 28 heavy (non-hydrogen) atoms. The minimum Gasteiger partial charge on any atom is -0.506 e. The van der Waals surface area contributed by atoms with Gasteiger partial charge in [-0.15, -0.1) is 0 Å². The number of fused-ring (bicyclic) bond motifs is 1. The highest BCUT2D eigenvalue weighted by molar-refractivity contribution is 6.33. The Kier molecular flexibility index (Phi) is 4.41. The van der Waals surface area contributed by atoms with Crippen molar-refractivity contribution in [2.75, 3.05) is 0 Å². The second-order valence-electron chi connectivity index (χ2n) is 6.04. The van der Waals surface area contributed by atoms with E-state index in [0.717, 1.165) is 12.1 Å². The lowest BCUT2D eigenvalue weighted by atomic mass is 9.98. The van der Waals surface area contributed by atoms with Gasteiger partial charge in [0.1, 0.15) is 28.8 Å². The van der Waals surface area contributed by atoms with E-state index in [-0.39, 0.29) is 22.5 Å². The van der Waals surface area contributed by atoms with Gasteiger partial charge in [-0.1, -0.05) is 30.3 Å². The number of pyridine rings is 1. The predicted octanol–water partition coefficient (Wildman–Crippen LogP) is 4.55. The Hall–Kier alpha value is -3.87. The Labute approximate surface area is 158 Å². The fourth-order valence-electron chi connectivity index (χ4n) is 2.86. The van der Waals surface area contributed by atoms with Gasteiger partial charge in [-0.25, -0.2) is 18.7 Å². The van der Waals surface area contributed by atoms with Crippen molar-refractivity contribution in [3.63, 3.8) is 0 Å². The van der Waals surface area contributed by atoms with Gasteiger partial charge in [0, 0.05) is 23.4 Å². The van der Waals surface area contributed by atoms with Crippen molar-refractivity contribution in [1.29, 1.82) is 0 Å². The lowest BCUT2D eigenvalue weighted by Crippen LogP contribution is -2.07. The van der Waals surface area contributed by atoms with Gasteiger partial charge in [0.2, 0.25) is 5.78 Å². The largest absolute Gasteiger partial charge is 0.506 e. The molecule has 0 unspecified atom stereocenters. The lowest BCUT2D eigenvalue weighted by Gasteiger charge is -2.09. The summed E-state index contributed by atoms with van der Waals surface area (Å²) in [5.74, 6) is -2.85. The number of halogens is 2. The second-order valence-corrected chi connectivity index (χ2v) is 6.04. The van der Waals surface area contributed by atoms with Crippen LogP contribution in [0.25, 0.3) is 22.5 Å². The Bertz CT molecular complexity index is 1160. The standard InChI is InChI=1S/C21H13F2N3O2/c22-14-9-13(10-15(23)11-14)19(28)17(18(27)12-5-2-1-3-6-12)21-25-16-7-4-8-24-20(16)26-21/h1-11,28H,(H,24,25,26)/b19-17-. The zero-order valence-electron chi connectivity index (χ0n) is 14.4. The molecule has 0 atom stereocenters. The highest BCUT2D eigenvalue weighted by Crippen LogP contribution is 2.28. The van der Waals surface area contributed by atoms with Gasteiger partial charge in [0.25, 0.3) is 0 Å². The molecule has 0 saturated heterocycles. The Balaban J connectivity index is 1.96. The molecule has 4 aromatic rings. The number of aliphatic hydroxyl groups excluding tert-OH is 1. The summed E-state index contributed by atoms with van der Waals surface area (Å²) in [5.41, 5.74) is 0.789. The number of rotatable bonds is 4. The number of nitrogens with one attached hydrogen (secondary N) is 1. The summed E-state index contributed by atoms with van der Waals surface area (Å²) < 4.78 is 27.3. The number of ketones is 1. The van der Waals surface area contributed by atoms with Gasteiger partial charge in [0.15, 0.2) is 5.65 Å². The Morgan fingerprint density at radius 3 is 2.32 bits per heavy atom. The molecule has 0 radical (unpaired) electrons. The predicted molar refractivity (Wildman–Crippen MR) is 100 cm³/mol. The minimum atomic E-state index is -0.876. The van der Waals surface area contributed by atoms with Crippen LogP contribution in [0, 0.1) is 11.6 Å². The minimum absolute atomic E-state index is 0.0460. The number of carbonyl (C=O) groups excluding carboxylic acids is 1. The zero-order chi connectivity index (χ0) is 19.7. The highest BCUT2D eigenvalue weighted by Gasteiger charge is 2.24. The number of hydrogen-bond acceptors (Lipinski definition) is 4. The molecule has 0 spiro atoms. The first-order valence-electron chi connectivity index (χ1n) is 8.33. The number of aromatic nitrogens is 3. The number of nitrogens with zero attached hydrogens (tertiary/aromatic N) is 2. The van der Waals surface area contributed by atoms with Gasteiger partial charge in [-0.3, -0.25) is 4.79 Å². The molecule has 2 aromatic heterocycles. The molecule has 0 saturated carbocycles. The molecule has 2 heterocycles. The van der Waals surface area contributed by atoms with Crippen LogP contribution >= 0.6 is 0 Å². The lowest BCUT2D eigenvalue weighted by molar-refractivity contribution is 0.105. The van der Waals surface area contributed by atoms with Crippen molar-refractivity contribution < 1.29 is 18.7 Å². The number of Topliss-reactive ketones (excluding diaryl/α,β-unsaturated/α-hetero) is 1. The van der Waals surface area contributed by atoms with E-state index in [1.807, 2.05) is 0 Å². The molecule has 0 aliphatic heterocycles. The van der Waals surface area contributed by atoms with Crippen molar-refractivity contribution in [3.05, 3.63) is 95.4 Å². The molecule has 7 heteroatoms. The SMILES string of the molecule is O=C(/C(=C(/O)c1cc(F)cc(F)c1)c1nc2ncccc2[nH]1)c1ccccc1. The van der Waals surface area contributed by atoms with Crippen LogP contribution in [0.5, 0.6) is 0 Å². The first-order chi connectivity index (χ1) is 13.5. The maximum atomic E-state index is 13.7. The van der Waals surface area contributed by atoms with E-state index in [0.29, 0.717) is 17.2 Å². The fraction of sp³-hybridized carbons (Fsp3) is 0. The van der Waals surface area contributed by atoms with Crippen molar-refractivity contribution in [2.45, 2.75) is 0 Å². The van der Waals surface area contributed by atoms with Crippen LogP contribution in [-0.2, 0) is 0 Å². The van der Waals surface area contributed by atoms with E-state index in [1.54, 1.807) is 42.5 Å². The first-order valence-corrected chi connectivity index (χ1v) is 8.33. The summed E-state index contributed by atoms with van der Waals surface area (Å²) >= 11 is 0. The first kappa shape index (κ1) is 17.5. The van der Waals surface area contributed by atoms with E-state index in [2.05, 4.69) is 15.0 Å². The third kappa shape index (κ3) is 3.25. The summed E-state index contributed by atoms with van der Waals surface area (Å²) in [4.78, 5) is 24.4. The number of carbonyl (C=O) groups is 1.